The highest BCUT2D eigenvalue weighted by atomic mass is 16.5. The lowest BCUT2D eigenvalue weighted by Gasteiger charge is -2.19. The van der Waals surface area contributed by atoms with Crippen LogP contribution < -0.4 is 5.32 Å². The van der Waals surface area contributed by atoms with Gasteiger partial charge in [0.15, 0.2) is 0 Å². The van der Waals surface area contributed by atoms with E-state index in [0.717, 1.165) is 25.7 Å². The number of carbonyl (C=O) groups excluding carboxylic acids is 4. The first kappa shape index (κ1) is 23.2. The van der Waals surface area contributed by atoms with E-state index < -0.39 is 5.97 Å². The average Bonchev–Trinajstić information content (AvgIpc) is 3.11. The number of fused-ring (bicyclic) bond motifs is 1. The molecule has 4 rings (SSSR count). The second kappa shape index (κ2) is 10.3. The van der Waals surface area contributed by atoms with Crippen LogP contribution in [0.1, 0.15) is 53.6 Å². The minimum absolute atomic E-state index is 0.0488. The number of benzene rings is 2. The summed E-state index contributed by atoms with van der Waals surface area (Å²) in [7, 11) is 1.33. The summed E-state index contributed by atoms with van der Waals surface area (Å²) in [5.41, 5.74) is 2.35. The maximum atomic E-state index is 12.6. The van der Waals surface area contributed by atoms with Crippen LogP contribution in [0, 0.1) is 23.7 Å². The molecule has 7 nitrogen and oxygen atoms in total. The summed E-state index contributed by atoms with van der Waals surface area (Å²) in [6.45, 7) is 0.104. The van der Waals surface area contributed by atoms with E-state index in [4.69, 9.17) is 4.74 Å². The molecule has 2 atom stereocenters. The number of nitrogens with zero attached hydrogens (tertiary/aromatic N) is 1. The van der Waals surface area contributed by atoms with Gasteiger partial charge in [0.1, 0.15) is 0 Å². The molecule has 1 saturated carbocycles. The largest absolute Gasteiger partial charge is 0.465 e. The first-order chi connectivity index (χ1) is 16.5. The molecule has 7 heteroatoms. The fourth-order valence-electron chi connectivity index (χ4n) is 4.55. The van der Waals surface area contributed by atoms with Crippen molar-refractivity contribution in [3.63, 3.8) is 0 Å². The van der Waals surface area contributed by atoms with Crippen molar-refractivity contribution in [2.45, 2.75) is 32.1 Å². The maximum Gasteiger partial charge on any atom is 0.337 e. The zero-order valence-electron chi connectivity index (χ0n) is 19.0. The number of ether oxygens (including phenoxy) is 1. The summed E-state index contributed by atoms with van der Waals surface area (Å²) in [5.74, 6) is 4.67. The van der Waals surface area contributed by atoms with Gasteiger partial charge in [-0.3, -0.25) is 19.3 Å². The summed E-state index contributed by atoms with van der Waals surface area (Å²) in [6, 6.07) is 13.9. The SMILES string of the molecule is COC(=O)c1cccc(C#Cc2cccc(NC(=O)CCN3C(=O)C4CCCCC4C3=O)c2)c1. The number of hydrogen-bond donors (Lipinski definition) is 1. The topological polar surface area (TPSA) is 92.8 Å². The van der Waals surface area contributed by atoms with Crippen LogP contribution in [-0.2, 0) is 19.1 Å². The number of hydrogen-bond acceptors (Lipinski definition) is 5. The Morgan fingerprint density at radius 2 is 1.59 bits per heavy atom. The molecule has 0 spiro atoms. The van der Waals surface area contributed by atoms with E-state index in [-0.39, 0.29) is 42.5 Å². The molecule has 3 amide bonds. The Bertz CT molecular complexity index is 1170. The van der Waals surface area contributed by atoms with Crippen molar-refractivity contribution in [1.29, 1.82) is 0 Å². The van der Waals surface area contributed by atoms with Gasteiger partial charge >= 0.3 is 5.97 Å². The van der Waals surface area contributed by atoms with E-state index in [0.29, 0.717) is 22.4 Å². The monoisotopic (exact) mass is 458 g/mol. The molecule has 174 valence electrons. The molecule has 2 aromatic carbocycles. The Kier molecular flexibility index (Phi) is 7.07. The number of esters is 1. The molecule has 1 aliphatic carbocycles. The molecule has 2 aliphatic rings. The highest BCUT2D eigenvalue weighted by Crippen LogP contribution is 2.38. The lowest BCUT2D eigenvalue weighted by atomic mass is 9.81. The fourth-order valence-corrected chi connectivity index (χ4v) is 4.55. The van der Waals surface area contributed by atoms with Crippen LogP contribution in [0.4, 0.5) is 5.69 Å². The molecular formula is C27H26N2O5. The van der Waals surface area contributed by atoms with Gasteiger partial charge < -0.3 is 10.1 Å². The Labute approximate surface area is 198 Å². The smallest absolute Gasteiger partial charge is 0.337 e. The molecule has 1 heterocycles. The Morgan fingerprint density at radius 1 is 0.971 bits per heavy atom. The van der Waals surface area contributed by atoms with Crippen LogP contribution in [-0.4, -0.2) is 42.2 Å². The van der Waals surface area contributed by atoms with Crippen LogP contribution in [0.2, 0.25) is 0 Å². The minimum atomic E-state index is -0.426. The van der Waals surface area contributed by atoms with Gasteiger partial charge in [0.05, 0.1) is 24.5 Å². The number of anilines is 1. The highest BCUT2D eigenvalue weighted by molar-refractivity contribution is 6.05. The Balaban J connectivity index is 1.35. The Morgan fingerprint density at radius 3 is 2.24 bits per heavy atom. The molecule has 1 saturated heterocycles. The number of amides is 3. The minimum Gasteiger partial charge on any atom is -0.465 e. The van der Waals surface area contributed by atoms with E-state index in [2.05, 4.69) is 17.2 Å². The van der Waals surface area contributed by atoms with Crippen molar-refractivity contribution >= 4 is 29.4 Å². The normalized spacial score (nSPS) is 19.1. The third kappa shape index (κ3) is 5.18. The quantitative estimate of drug-likeness (QED) is 0.421. The number of rotatable bonds is 5. The van der Waals surface area contributed by atoms with E-state index >= 15 is 0 Å². The number of likely N-dealkylation sites (tertiary alicyclic amines) is 1. The van der Waals surface area contributed by atoms with Crippen molar-refractivity contribution < 1.29 is 23.9 Å². The molecule has 0 radical (unpaired) electrons. The van der Waals surface area contributed by atoms with Gasteiger partial charge in [-0.15, -0.1) is 0 Å². The van der Waals surface area contributed by atoms with Crippen LogP contribution in [0.25, 0.3) is 0 Å². The third-order valence-electron chi connectivity index (χ3n) is 6.28. The summed E-state index contributed by atoms with van der Waals surface area (Å²) in [4.78, 5) is 50.5. The van der Waals surface area contributed by atoms with E-state index in [1.807, 2.05) is 6.07 Å². The van der Waals surface area contributed by atoms with Gasteiger partial charge in [-0.1, -0.05) is 36.8 Å². The van der Waals surface area contributed by atoms with Gasteiger partial charge in [0.2, 0.25) is 17.7 Å². The molecule has 34 heavy (non-hydrogen) atoms. The molecule has 0 bridgehead atoms. The second-order valence-electron chi connectivity index (χ2n) is 8.53. The van der Waals surface area contributed by atoms with Crippen molar-refractivity contribution in [1.82, 2.24) is 4.90 Å². The van der Waals surface area contributed by atoms with Gasteiger partial charge in [-0.2, -0.15) is 0 Å². The number of imide groups is 1. The predicted octanol–water partition coefficient (Wildman–Crippen LogP) is 3.38. The van der Waals surface area contributed by atoms with E-state index in [9.17, 15) is 19.2 Å². The zero-order chi connectivity index (χ0) is 24.1. The summed E-state index contributed by atoms with van der Waals surface area (Å²) < 4.78 is 4.73. The molecule has 1 aliphatic heterocycles. The first-order valence-electron chi connectivity index (χ1n) is 11.4. The molecule has 2 aromatic rings. The van der Waals surface area contributed by atoms with Crippen molar-refractivity contribution in [2.75, 3.05) is 19.0 Å². The first-order valence-corrected chi connectivity index (χ1v) is 11.4. The maximum absolute atomic E-state index is 12.6. The highest BCUT2D eigenvalue weighted by Gasteiger charge is 2.47. The molecule has 1 N–H and O–H groups in total. The third-order valence-corrected chi connectivity index (χ3v) is 6.28. The van der Waals surface area contributed by atoms with E-state index in [1.54, 1.807) is 42.5 Å². The lowest BCUT2D eigenvalue weighted by Crippen LogP contribution is -2.34. The van der Waals surface area contributed by atoms with Crippen molar-refractivity contribution in [3.8, 4) is 11.8 Å². The second-order valence-corrected chi connectivity index (χ2v) is 8.53. The summed E-state index contributed by atoms with van der Waals surface area (Å²) in [6.07, 6.45) is 3.53. The van der Waals surface area contributed by atoms with Gasteiger partial charge in [0.25, 0.3) is 0 Å². The standard InChI is InChI=1S/C27H26N2O5/c1-34-27(33)20-8-4-6-18(16-20)12-13-19-7-5-9-21(17-19)28-24(30)14-15-29-25(31)22-10-2-3-11-23(22)26(29)32/h4-9,16-17,22-23H,2-3,10-11,14-15H2,1H3,(H,28,30). The van der Waals surface area contributed by atoms with Crippen LogP contribution >= 0.6 is 0 Å². The van der Waals surface area contributed by atoms with Crippen molar-refractivity contribution in [2.24, 2.45) is 11.8 Å². The average molecular weight is 459 g/mol. The number of nitrogens with one attached hydrogen (secondary N) is 1. The van der Waals surface area contributed by atoms with Crippen molar-refractivity contribution in [3.05, 3.63) is 65.2 Å². The predicted molar refractivity (Wildman–Crippen MR) is 126 cm³/mol. The number of methoxy groups -OCH3 is 1. The summed E-state index contributed by atoms with van der Waals surface area (Å²) >= 11 is 0. The number of carbonyl (C=O) groups is 4. The van der Waals surface area contributed by atoms with E-state index in [1.165, 1.54) is 12.0 Å². The van der Waals surface area contributed by atoms with Gasteiger partial charge in [-0.05, 0) is 49.2 Å². The van der Waals surface area contributed by atoms with Gasteiger partial charge in [-0.25, -0.2) is 4.79 Å². The zero-order valence-corrected chi connectivity index (χ0v) is 19.0. The van der Waals surface area contributed by atoms with Crippen LogP contribution in [0.15, 0.2) is 48.5 Å². The fraction of sp³-hybridized carbons (Fsp3) is 0.333. The molecule has 0 aromatic heterocycles. The molecular weight excluding hydrogens is 432 g/mol. The summed E-state index contributed by atoms with van der Waals surface area (Å²) in [5, 5.41) is 2.81. The van der Waals surface area contributed by atoms with Crippen LogP contribution in [0.5, 0.6) is 0 Å². The van der Waals surface area contributed by atoms with Crippen LogP contribution in [0.3, 0.4) is 0 Å². The Hall–Kier alpha value is -3.92. The lowest BCUT2D eigenvalue weighted by molar-refractivity contribution is -0.140. The molecule has 2 unspecified atom stereocenters. The van der Waals surface area contributed by atoms with Gasteiger partial charge in [0, 0.05) is 29.8 Å². The molecule has 2 fully saturated rings.